The van der Waals surface area contributed by atoms with Crippen LogP contribution in [0, 0.1) is 0 Å². The quantitative estimate of drug-likeness (QED) is 0.597. The van der Waals surface area contributed by atoms with Crippen molar-refractivity contribution in [1.29, 1.82) is 0 Å². The predicted molar refractivity (Wildman–Crippen MR) is 80.2 cm³/mol. The van der Waals surface area contributed by atoms with Gasteiger partial charge < -0.3 is 0 Å². The first-order valence-electron chi connectivity index (χ1n) is 5.00. The van der Waals surface area contributed by atoms with Crippen LogP contribution < -0.4 is 0 Å². The van der Waals surface area contributed by atoms with Crippen LogP contribution in [0.5, 0.6) is 0 Å². The zero-order valence-corrected chi connectivity index (χ0v) is 12.0. The Hall–Kier alpha value is -0.730. The Morgan fingerprint density at radius 2 is 1.56 bits per heavy atom. The molecule has 0 saturated carbocycles. The van der Waals surface area contributed by atoms with Gasteiger partial charge in [0.1, 0.15) is 0 Å². The van der Waals surface area contributed by atoms with E-state index in [2.05, 4.69) is 4.99 Å². The van der Waals surface area contributed by atoms with Gasteiger partial charge in [0.2, 0.25) is 0 Å². The van der Waals surface area contributed by atoms with E-state index in [1.54, 1.807) is 36.5 Å². The van der Waals surface area contributed by atoms with Crippen molar-refractivity contribution in [2.24, 2.45) is 4.99 Å². The fraction of sp³-hybridized carbons (Fsp3) is 0. The first kappa shape index (κ1) is 13.7. The number of rotatable bonds is 2. The minimum Gasteiger partial charge on any atom is -0.255 e. The number of halogens is 4. The Morgan fingerprint density at radius 1 is 0.778 bits per heavy atom. The van der Waals surface area contributed by atoms with E-state index in [0.29, 0.717) is 25.8 Å². The molecule has 0 bridgehead atoms. The van der Waals surface area contributed by atoms with Crippen molar-refractivity contribution in [3.8, 4) is 0 Å². The lowest BCUT2D eigenvalue weighted by molar-refractivity contribution is 1.52. The summed E-state index contributed by atoms with van der Waals surface area (Å²) in [6.07, 6.45) is 1.66. The molecule has 0 aliphatic heterocycles. The number of nitrogens with zero attached hydrogens (tertiary/aromatic N) is 1. The molecule has 2 aromatic carbocycles. The molecular formula is C13H7Cl4N. The fourth-order valence-electron chi connectivity index (χ4n) is 1.32. The highest BCUT2D eigenvalue weighted by molar-refractivity contribution is 6.42. The summed E-state index contributed by atoms with van der Waals surface area (Å²) >= 11 is 23.5. The van der Waals surface area contributed by atoms with Crippen LogP contribution >= 0.6 is 46.4 Å². The van der Waals surface area contributed by atoms with Crippen molar-refractivity contribution < 1.29 is 0 Å². The van der Waals surface area contributed by atoms with Gasteiger partial charge in [-0.2, -0.15) is 0 Å². The third kappa shape index (κ3) is 3.39. The normalized spacial score (nSPS) is 11.1. The van der Waals surface area contributed by atoms with Crippen molar-refractivity contribution in [3.05, 3.63) is 62.1 Å². The van der Waals surface area contributed by atoms with E-state index >= 15 is 0 Å². The number of hydrogen-bond acceptors (Lipinski definition) is 1. The molecule has 1 nitrogen and oxygen atoms in total. The van der Waals surface area contributed by atoms with E-state index in [1.807, 2.05) is 6.07 Å². The minimum absolute atomic E-state index is 0.489. The van der Waals surface area contributed by atoms with Gasteiger partial charge in [-0.1, -0.05) is 52.5 Å². The lowest BCUT2D eigenvalue weighted by atomic mass is 10.2. The van der Waals surface area contributed by atoms with Crippen molar-refractivity contribution in [2.75, 3.05) is 0 Å². The average molecular weight is 319 g/mol. The summed E-state index contributed by atoms with van der Waals surface area (Å²) in [5.41, 5.74) is 1.49. The maximum atomic E-state index is 6.01. The Morgan fingerprint density at radius 3 is 2.22 bits per heavy atom. The van der Waals surface area contributed by atoms with Crippen molar-refractivity contribution in [2.45, 2.75) is 0 Å². The molecule has 0 aliphatic carbocycles. The van der Waals surface area contributed by atoms with E-state index < -0.39 is 0 Å². The second-order valence-corrected chi connectivity index (χ2v) is 5.19. The maximum Gasteiger partial charge on any atom is 0.0817 e. The van der Waals surface area contributed by atoms with Gasteiger partial charge in [0.15, 0.2) is 0 Å². The molecule has 5 heteroatoms. The van der Waals surface area contributed by atoms with Crippen molar-refractivity contribution in [1.82, 2.24) is 0 Å². The fourth-order valence-corrected chi connectivity index (χ4v) is 2.09. The van der Waals surface area contributed by atoms with Crippen molar-refractivity contribution >= 4 is 58.3 Å². The van der Waals surface area contributed by atoms with Crippen LogP contribution in [-0.4, -0.2) is 6.21 Å². The van der Waals surface area contributed by atoms with E-state index in [9.17, 15) is 0 Å². The van der Waals surface area contributed by atoms with Gasteiger partial charge in [-0.25, -0.2) is 0 Å². The summed E-state index contributed by atoms with van der Waals surface area (Å²) in [7, 11) is 0. The van der Waals surface area contributed by atoms with Gasteiger partial charge in [0.05, 0.1) is 20.8 Å². The third-order valence-corrected chi connectivity index (χ3v) is 3.48. The molecular weight excluding hydrogens is 312 g/mol. The molecule has 0 radical (unpaired) electrons. The highest BCUT2D eigenvalue weighted by Crippen LogP contribution is 2.28. The smallest absolute Gasteiger partial charge is 0.0817 e. The SMILES string of the molecule is Clc1ccc(N=Cc2ccc(Cl)c(Cl)c2)c(Cl)c1. The Balaban J connectivity index is 2.27. The largest absolute Gasteiger partial charge is 0.255 e. The molecule has 2 aromatic rings. The van der Waals surface area contributed by atoms with E-state index in [0.717, 1.165) is 5.56 Å². The molecule has 0 spiro atoms. The zero-order valence-electron chi connectivity index (χ0n) is 9.00. The van der Waals surface area contributed by atoms with Crippen LogP contribution in [-0.2, 0) is 0 Å². The third-order valence-electron chi connectivity index (χ3n) is 2.21. The molecule has 0 unspecified atom stereocenters. The highest BCUT2D eigenvalue weighted by atomic mass is 35.5. The first-order valence-corrected chi connectivity index (χ1v) is 6.51. The zero-order chi connectivity index (χ0) is 13.1. The Labute approximate surface area is 125 Å². The minimum atomic E-state index is 0.489. The maximum absolute atomic E-state index is 6.01. The predicted octanol–water partition coefficient (Wildman–Crippen LogP) is 6.05. The van der Waals surface area contributed by atoms with Crippen LogP contribution in [0.15, 0.2) is 41.4 Å². The second-order valence-electron chi connectivity index (χ2n) is 3.53. The van der Waals surface area contributed by atoms with E-state index in [1.165, 1.54) is 0 Å². The van der Waals surface area contributed by atoms with Gasteiger partial charge in [-0.15, -0.1) is 0 Å². The molecule has 0 fully saturated rings. The topological polar surface area (TPSA) is 12.4 Å². The molecule has 0 amide bonds. The van der Waals surface area contributed by atoms with Gasteiger partial charge in [0.25, 0.3) is 0 Å². The van der Waals surface area contributed by atoms with Crippen LogP contribution in [0.25, 0.3) is 0 Å². The van der Waals surface area contributed by atoms with Crippen molar-refractivity contribution in [3.63, 3.8) is 0 Å². The Bertz CT molecular complexity index is 608. The molecule has 0 heterocycles. The summed E-state index contributed by atoms with van der Waals surface area (Å²) in [5, 5.41) is 2.08. The van der Waals surface area contributed by atoms with Crippen LogP contribution in [0.2, 0.25) is 20.1 Å². The second kappa shape index (κ2) is 5.94. The van der Waals surface area contributed by atoms with Gasteiger partial charge in [0, 0.05) is 11.2 Å². The molecule has 18 heavy (non-hydrogen) atoms. The molecule has 0 saturated heterocycles. The number of aliphatic imine (C=N–C) groups is 1. The summed E-state index contributed by atoms with van der Waals surface area (Å²) in [6, 6.07) is 10.4. The summed E-state index contributed by atoms with van der Waals surface area (Å²) in [5.74, 6) is 0. The first-order chi connectivity index (χ1) is 8.56. The lowest BCUT2D eigenvalue weighted by Gasteiger charge is -1.99. The highest BCUT2D eigenvalue weighted by Gasteiger charge is 2.00. The van der Waals surface area contributed by atoms with Crippen LogP contribution in [0.1, 0.15) is 5.56 Å². The number of benzene rings is 2. The summed E-state index contributed by atoms with van der Waals surface area (Å²) in [4.78, 5) is 4.27. The Kier molecular flexibility index (Phi) is 4.52. The summed E-state index contributed by atoms with van der Waals surface area (Å²) in [6.45, 7) is 0. The molecule has 0 atom stereocenters. The van der Waals surface area contributed by atoms with Gasteiger partial charge >= 0.3 is 0 Å². The molecule has 2 rings (SSSR count). The monoisotopic (exact) mass is 317 g/mol. The van der Waals surface area contributed by atoms with E-state index in [-0.39, 0.29) is 0 Å². The molecule has 0 N–H and O–H groups in total. The summed E-state index contributed by atoms with van der Waals surface area (Å²) < 4.78 is 0. The van der Waals surface area contributed by atoms with E-state index in [4.69, 9.17) is 46.4 Å². The van der Waals surface area contributed by atoms with Gasteiger partial charge in [-0.3, -0.25) is 4.99 Å². The average Bonchev–Trinajstić information content (AvgIpc) is 2.32. The molecule has 92 valence electrons. The standard InChI is InChI=1S/C13H7Cl4N/c14-9-2-4-13(12(17)6-9)18-7-8-1-3-10(15)11(16)5-8/h1-7H. The van der Waals surface area contributed by atoms with Gasteiger partial charge in [-0.05, 0) is 35.9 Å². The molecule has 0 aromatic heterocycles. The molecule has 0 aliphatic rings. The van der Waals surface area contributed by atoms with Crippen LogP contribution in [0.4, 0.5) is 5.69 Å². The number of hydrogen-bond donors (Lipinski definition) is 0. The van der Waals surface area contributed by atoms with Crippen LogP contribution in [0.3, 0.4) is 0 Å². The lowest BCUT2D eigenvalue weighted by Crippen LogP contribution is -1.81.